The molecule has 2 N–H and O–H groups in total. The summed E-state index contributed by atoms with van der Waals surface area (Å²) in [7, 11) is 0. The van der Waals surface area contributed by atoms with Gasteiger partial charge in [0.25, 0.3) is 0 Å². The Labute approximate surface area is 114 Å². The fourth-order valence-corrected chi connectivity index (χ4v) is 3.07. The van der Waals surface area contributed by atoms with E-state index in [-0.39, 0.29) is 18.6 Å². The van der Waals surface area contributed by atoms with E-state index in [1.807, 2.05) is 13.8 Å². The lowest BCUT2D eigenvalue weighted by Crippen LogP contribution is -2.46. The van der Waals surface area contributed by atoms with E-state index in [0.717, 1.165) is 19.3 Å². The number of rotatable bonds is 7. The largest absolute Gasteiger partial charge is 0.481 e. The summed E-state index contributed by atoms with van der Waals surface area (Å²) < 4.78 is 0. The first-order valence-corrected chi connectivity index (χ1v) is 7.20. The van der Waals surface area contributed by atoms with Crippen LogP contribution in [0.2, 0.25) is 0 Å². The second kappa shape index (κ2) is 7.48. The third-order valence-electron chi connectivity index (χ3n) is 4.16. The van der Waals surface area contributed by atoms with Crippen molar-refractivity contribution < 1.29 is 19.8 Å². The Balaban J connectivity index is 2.83. The maximum absolute atomic E-state index is 12.6. The van der Waals surface area contributed by atoms with E-state index < -0.39 is 17.8 Å². The Kier molecular flexibility index (Phi) is 6.28. The Morgan fingerprint density at radius 1 is 1.21 bits per heavy atom. The number of carbonyl (C=O) groups excluding carboxylic acids is 1. The highest BCUT2D eigenvalue weighted by Crippen LogP contribution is 2.34. The van der Waals surface area contributed by atoms with Gasteiger partial charge in [-0.05, 0) is 25.7 Å². The van der Waals surface area contributed by atoms with Gasteiger partial charge in [-0.3, -0.25) is 9.59 Å². The van der Waals surface area contributed by atoms with Gasteiger partial charge >= 0.3 is 5.97 Å². The minimum atomic E-state index is -0.871. The van der Waals surface area contributed by atoms with E-state index in [0.29, 0.717) is 19.4 Å². The first-order valence-electron chi connectivity index (χ1n) is 7.20. The highest BCUT2D eigenvalue weighted by Gasteiger charge is 2.40. The molecule has 0 heterocycles. The van der Waals surface area contributed by atoms with Gasteiger partial charge in [-0.1, -0.05) is 20.3 Å². The number of hydrogen-bond acceptors (Lipinski definition) is 3. The van der Waals surface area contributed by atoms with Crippen molar-refractivity contribution in [3.05, 3.63) is 0 Å². The third-order valence-corrected chi connectivity index (χ3v) is 4.16. The zero-order valence-electron chi connectivity index (χ0n) is 11.8. The summed E-state index contributed by atoms with van der Waals surface area (Å²) in [5.41, 5.74) is 0. The maximum atomic E-state index is 12.6. The van der Waals surface area contributed by atoms with Crippen LogP contribution in [0.3, 0.4) is 0 Å². The summed E-state index contributed by atoms with van der Waals surface area (Å²) in [6.45, 7) is 4.24. The van der Waals surface area contributed by atoms with Crippen molar-refractivity contribution in [2.24, 2.45) is 11.8 Å². The minimum absolute atomic E-state index is 0.0767. The summed E-state index contributed by atoms with van der Waals surface area (Å²) in [5, 5.41) is 18.3. The van der Waals surface area contributed by atoms with Crippen LogP contribution in [-0.4, -0.2) is 46.2 Å². The molecule has 1 saturated carbocycles. The fourth-order valence-electron chi connectivity index (χ4n) is 3.07. The number of carboxylic acids is 1. The predicted molar refractivity (Wildman–Crippen MR) is 71.6 cm³/mol. The molecule has 1 aliphatic carbocycles. The van der Waals surface area contributed by atoms with Crippen LogP contribution in [0.1, 0.15) is 46.0 Å². The average molecular weight is 271 g/mol. The Bertz CT molecular complexity index is 315. The highest BCUT2D eigenvalue weighted by atomic mass is 16.4. The van der Waals surface area contributed by atoms with Gasteiger partial charge in [-0.15, -0.1) is 0 Å². The predicted octanol–water partition coefficient (Wildman–Crippen LogP) is 1.50. The van der Waals surface area contributed by atoms with Gasteiger partial charge in [0.2, 0.25) is 5.91 Å². The minimum Gasteiger partial charge on any atom is -0.481 e. The lowest BCUT2D eigenvalue weighted by molar-refractivity contribution is -0.150. The SMILES string of the molecule is CCC(CC)N(CCO)C(=O)C1CCCC1C(=O)O. The number of aliphatic hydroxyl groups excluding tert-OH is 1. The highest BCUT2D eigenvalue weighted by molar-refractivity contribution is 5.85. The van der Waals surface area contributed by atoms with Crippen molar-refractivity contribution >= 4 is 11.9 Å². The van der Waals surface area contributed by atoms with Gasteiger partial charge in [-0.25, -0.2) is 0 Å². The number of carbonyl (C=O) groups is 2. The molecule has 5 nitrogen and oxygen atoms in total. The molecule has 1 aliphatic rings. The topological polar surface area (TPSA) is 77.8 Å². The number of carboxylic acid groups (broad SMARTS) is 1. The molecule has 5 heteroatoms. The molecule has 0 saturated heterocycles. The van der Waals surface area contributed by atoms with Gasteiger partial charge in [0.15, 0.2) is 0 Å². The molecular formula is C14H25NO4. The molecule has 0 aromatic heterocycles. The summed E-state index contributed by atoms with van der Waals surface area (Å²) in [5.74, 6) is -1.93. The molecule has 19 heavy (non-hydrogen) atoms. The molecule has 0 radical (unpaired) electrons. The zero-order chi connectivity index (χ0) is 14.4. The van der Waals surface area contributed by atoms with Gasteiger partial charge in [0.05, 0.1) is 18.4 Å². The Morgan fingerprint density at radius 2 is 1.79 bits per heavy atom. The second-order valence-electron chi connectivity index (χ2n) is 5.21. The molecule has 0 spiro atoms. The van der Waals surface area contributed by atoms with Crippen molar-refractivity contribution in [2.45, 2.75) is 52.0 Å². The van der Waals surface area contributed by atoms with Crippen molar-refractivity contribution in [3.8, 4) is 0 Å². The van der Waals surface area contributed by atoms with Crippen molar-refractivity contribution in [3.63, 3.8) is 0 Å². The van der Waals surface area contributed by atoms with E-state index in [9.17, 15) is 14.7 Å². The molecule has 2 atom stereocenters. The normalized spacial score (nSPS) is 22.7. The van der Waals surface area contributed by atoms with E-state index in [1.165, 1.54) is 0 Å². The Hall–Kier alpha value is -1.10. The molecule has 0 aliphatic heterocycles. The molecular weight excluding hydrogens is 246 g/mol. The van der Waals surface area contributed by atoms with Crippen LogP contribution in [0, 0.1) is 11.8 Å². The standard InChI is InChI=1S/C14H25NO4/c1-3-10(4-2)15(8-9-16)13(17)11-6-5-7-12(11)14(18)19/h10-12,16H,3-9H2,1-2H3,(H,18,19). The first kappa shape index (κ1) is 16.0. The monoisotopic (exact) mass is 271 g/mol. The quantitative estimate of drug-likeness (QED) is 0.735. The van der Waals surface area contributed by atoms with Crippen LogP contribution < -0.4 is 0 Å². The van der Waals surface area contributed by atoms with Crippen LogP contribution in [0.25, 0.3) is 0 Å². The van der Waals surface area contributed by atoms with Crippen LogP contribution >= 0.6 is 0 Å². The van der Waals surface area contributed by atoms with E-state index >= 15 is 0 Å². The fraction of sp³-hybridized carbons (Fsp3) is 0.857. The molecule has 1 fully saturated rings. The molecule has 110 valence electrons. The molecule has 0 aromatic carbocycles. The number of nitrogens with zero attached hydrogens (tertiary/aromatic N) is 1. The second-order valence-corrected chi connectivity index (χ2v) is 5.21. The van der Waals surface area contributed by atoms with Gasteiger partial charge in [0.1, 0.15) is 0 Å². The summed E-state index contributed by atoms with van der Waals surface area (Å²) in [6, 6.07) is 0.0923. The van der Waals surface area contributed by atoms with Crippen LogP contribution in [0.15, 0.2) is 0 Å². The summed E-state index contributed by atoms with van der Waals surface area (Å²) in [6.07, 6.45) is 3.68. The van der Waals surface area contributed by atoms with Gasteiger partial charge in [-0.2, -0.15) is 0 Å². The first-order chi connectivity index (χ1) is 9.06. The van der Waals surface area contributed by atoms with Crippen LogP contribution in [0.5, 0.6) is 0 Å². The number of hydrogen-bond donors (Lipinski definition) is 2. The number of aliphatic carboxylic acids is 1. The van der Waals surface area contributed by atoms with E-state index in [2.05, 4.69) is 0 Å². The summed E-state index contributed by atoms with van der Waals surface area (Å²) >= 11 is 0. The molecule has 1 rings (SSSR count). The maximum Gasteiger partial charge on any atom is 0.307 e. The van der Waals surface area contributed by atoms with E-state index in [4.69, 9.17) is 5.11 Å². The third kappa shape index (κ3) is 3.69. The van der Waals surface area contributed by atoms with Crippen LogP contribution in [-0.2, 0) is 9.59 Å². The lowest BCUT2D eigenvalue weighted by atomic mass is 9.93. The molecule has 2 unspecified atom stereocenters. The van der Waals surface area contributed by atoms with E-state index in [1.54, 1.807) is 4.90 Å². The smallest absolute Gasteiger partial charge is 0.307 e. The zero-order valence-corrected chi connectivity index (χ0v) is 11.8. The van der Waals surface area contributed by atoms with Gasteiger partial charge in [0, 0.05) is 12.6 Å². The molecule has 1 amide bonds. The van der Waals surface area contributed by atoms with Crippen LogP contribution in [0.4, 0.5) is 0 Å². The number of aliphatic hydroxyl groups is 1. The van der Waals surface area contributed by atoms with Crippen molar-refractivity contribution in [1.29, 1.82) is 0 Å². The Morgan fingerprint density at radius 3 is 2.26 bits per heavy atom. The van der Waals surface area contributed by atoms with Gasteiger partial charge < -0.3 is 15.1 Å². The molecule has 0 aromatic rings. The molecule has 0 bridgehead atoms. The number of amides is 1. The summed E-state index contributed by atoms with van der Waals surface area (Å²) in [4.78, 5) is 25.4. The van der Waals surface area contributed by atoms with Crippen molar-refractivity contribution in [2.75, 3.05) is 13.2 Å². The average Bonchev–Trinajstić information content (AvgIpc) is 2.87. The lowest BCUT2D eigenvalue weighted by Gasteiger charge is -2.33. The van der Waals surface area contributed by atoms with Crippen molar-refractivity contribution in [1.82, 2.24) is 4.90 Å².